The first-order valence-corrected chi connectivity index (χ1v) is 29.5. The van der Waals surface area contributed by atoms with Crippen molar-refractivity contribution in [1.82, 2.24) is 10.6 Å². The highest BCUT2D eigenvalue weighted by Crippen LogP contribution is 2.30. The molecular weight excluding hydrogens is 1080 g/mol. The van der Waals surface area contributed by atoms with E-state index in [1.54, 1.807) is 20.8 Å². The van der Waals surface area contributed by atoms with Crippen molar-refractivity contribution < 1.29 is 113 Å². The lowest BCUT2D eigenvalue weighted by molar-refractivity contribution is -0.282. The van der Waals surface area contributed by atoms with Gasteiger partial charge in [-0.2, -0.15) is 0 Å². The Balaban J connectivity index is 1.60. The molecule has 0 aromatic carbocycles. The van der Waals surface area contributed by atoms with E-state index >= 15 is 0 Å². The first-order valence-electron chi connectivity index (χ1n) is 29.5. The van der Waals surface area contributed by atoms with Gasteiger partial charge in [0.15, 0.2) is 18.9 Å². The first-order chi connectivity index (χ1) is 39.0. The number of hydrogen-bond acceptors (Lipinski definition) is 23. The van der Waals surface area contributed by atoms with Crippen molar-refractivity contribution >= 4 is 29.2 Å². The van der Waals surface area contributed by atoms with Crippen LogP contribution in [0.15, 0.2) is 0 Å². The van der Waals surface area contributed by atoms with E-state index in [2.05, 4.69) is 31.4 Å². The quantitative estimate of drug-likeness (QED) is 0.0365. The molecular formula is C57H102N2O23. The molecule has 0 aromatic rings. The predicted octanol–water partition coefficient (Wildman–Crippen LogP) is 0.278. The van der Waals surface area contributed by atoms with Crippen LogP contribution >= 0.6 is 0 Å². The summed E-state index contributed by atoms with van der Waals surface area (Å²) < 4.78 is 52.4. The summed E-state index contributed by atoms with van der Waals surface area (Å²) in [5.41, 5.74) is -1.35. The smallest absolute Gasteiger partial charge is 0.220 e. The molecule has 3 rings (SSSR count). The van der Waals surface area contributed by atoms with E-state index < -0.39 is 123 Å². The zero-order valence-corrected chi connectivity index (χ0v) is 49.4. The van der Waals surface area contributed by atoms with Gasteiger partial charge in [0, 0.05) is 95.5 Å². The van der Waals surface area contributed by atoms with Crippen LogP contribution in [0, 0.1) is 23.2 Å². The fourth-order valence-electron chi connectivity index (χ4n) is 9.51. The fraction of sp³-hybridized carbons (Fsp3) is 0.912. The van der Waals surface area contributed by atoms with Crippen LogP contribution in [0.4, 0.5) is 0 Å². The lowest BCUT2D eigenvalue weighted by Crippen LogP contribution is -2.58. The topological polar surface area (TPSA) is 375 Å². The molecule has 3 aliphatic heterocycles. The molecule has 82 heavy (non-hydrogen) atoms. The Morgan fingerprint density at radius 3 is 1.07 bits per heavy atom. The molecule has 3 aliphatic rings. The van der Waals surface area contributed by atoms with Crippen molar-refractivity contribution in [2.45, 2.75) is 224 Å². The third-order valence-electron chi connectivity index (χ3n) is 15.1. The molecule has 15 atom stereocenters. The van der Waals surface area contributed by atoms with Crippen LogP contribution in [0.2, 0.25) is 0 Å². The minimum atomic E-state index is -1.38. The Morgan fingerprint density at radius 1 is 0.427 bits per heavy atom. The molecule has 478 valence electrons. The fourth-order valence-corrected chi connectivity index (χ4v) is 9.51. The predicted molar refractivity (Wildman–Crippen MR) is 293 cm³/mol. The molecule has 2 amide bonds. The minimum Gasteiger partial charge on any atom is -0.394 e. The van der Waals surface area contributed by atoms with Crippen molar-refractivity contribution in [3.63, 3.8) is 0 Å². The molecule has 0 aromatic heterocycles. The highest BCUT2D eigenvalue weighted by atomic mass is 16.7. The highest BCUT2D eigenvalue weighted by Gasteiger charge is 2.45. The molecule has 0 aliphatic carbocycles. The van der Waals surface area contributed by atoms with Crippen molar-refractivity contribution in [3.05, 3.63) is 0 Å². The van der Waals surface area contributed by atoms with E-state index in [9.17, 15) is 69.9 Å². The number of carbonyl (C=O) groups excluding carboxylic acids is 5. The summed E-state index contributed by atoms with van der Waals surface area (Å²) in [4.78, 5) is 65.4. The van der Waals surface area contributed by atoms with Crippen LogP contribution in [-0.2, 0) is 66.6 Å². The number of amides is 2. The summed E-state index contributed by atoms with van der Waals surface area (Å²) in [6.07, 6.45) is -8.04. The zero-order chi connectivity index (χ0) is 60.8. The number of aliphatic hydroxyl groups is 9. The lowest BCUT2D eigenvalue weighted by Gasteiger charge is -2.40. The van der Waals surface area contributed by atoms with Crippen molar-refractivity contribution in [2.24, 2.45) is 23.2 Å². The van der Waals surface area contributed by atoms with Gasteiger partial charge in [-0.3, -0.25) is 24.0 Å². The SMILES string of the molecule is CC1[C@H](OCCCCC(=O)CCOCC(COCCC(=O)CCCCO[C@@H]2OC(CO)[C@H](O)[C@H](O)C2C)(COCCC(=O)CCCCO[C@@H]2OC(CO)[C@H](O)[C@H](O)C2C)NC(=O)CCCC(=O)NCCC(C)(C)C)OC(CO)[C@H](O)[C@@H]1O. The van der Waals surface area contributed by atoms with Gasteiger partial charge in [0.1, 0.15) is 59.5 Å². The third-order valence-corrected chi connectivity index (χ3v) is 15.1. The second-order valence-electron chi connectivity index (χ2n) is 23.5. The van der Waals surface area contributed by atoms with Crippen LogP contribution in [-0.4, -0.2) is 240 Å². The molecule has 6 unspecified atom stereocenters. The highest BCUT2D eigenvalue weighted by molar-refractivity contribution is 5.80. The number of nitrogens with one attached hydrogen (secondary N) is 2. The number of aliphatic hydroxyl groups excluding tert-OH is 9. The Morgan fingerprint density at radius 2 is 0.756 bits per heavy atom. The van der Waals surface area contributed by atoms with E-state index in [4.69, 9.17) is 42.6 Å². The van der Waals surface area contributed by atoms with E-state index in [1.807, 2.05) is 0 Å². The van der Waals surface area contributed by atoms with Crippen LogP contribution in [0.3, 0.4) is 0 Å². The Kier molecular flexibility index (Phi) is 35.0. The van der Waals surface area contributed by atoms with Crippen molar-refractivity contribution in [2.75, 3.05) is 85.8 Å². The molecule has 25 heteroatoms. The number of rotatable bonds is 43. The maximum absolute atomic E-state index is 13.7. The number of carbonyl (C=O) groups is 5. The Bertz CT molecular complexity index is 1660. The van der Waals surface area contributed by atoms with Gasteiger partial charge in [0.05, 0.1) is 77.8 Å². The molecule has 0 spiro atoms. The average molecular weight is 1180 g/mol. The molecule has 11 N–H and O–H groups in total. The summed E-state index contributed by atoms with van der Waals surface area (Å²) in [5, 5.41) is 95.8. The van der Waals surface area contributed by atoms with Gasteiger partial charge in [0.2, 0.25) is 11.8 Å². The van der Waals surface area contributed by atoms with Gasteiger partial charge in [-0.25, -0.2) is 0 Å². The standard InChI is InChI=1S/C57H102N2O23/c1-36-47(68)50(71)42(30-60)80-53(36)77-24-10-7-14-39(63)19-27-74-33-57(59-46(67)18-13-17-45(66)58-23-22-56(4,5)6,34-75-28-20-40(64)15-8-11-25-78-54-37(2)48(69)51(72)43(31-61)81-54)35-76-29-21-41(65)16-9-12-26-79-55-38(3)49(70)52(73)44(32-62)82-55/h36-38,42-44,47-55,60-62,68-73H,7-35H2,1-6H3,(H,58,66)(H,59,67)/t36?,37?,38?,42?,43?,44?,47-,48-,49-,50+,51+,52+,53-,54-,55-,57?/m1/s1. The van der Waals surface area contributed by atoms with Gasteiger partial charge in [-0.05, 0) is 56.8 Å². The van der Waals surface area contributed by atoms with Gasteiger partial charge in [0.25, 0.3) is 0 Å². The summed E-state index contributed by atoms with van der Waals surface area (Å²) in [5.74, 6) is -2.58. The molecule has 25 nitrogen and oxygen atoms in total. The summed E-state index contributed by atoms with van der Waals surface area (Å²) in [6, 6.07) is 0. The van der Waals surface area contributed by atoms with Crippen molar-refractivity contribution in [1.29, 1.82) is 0 Å². The normalized spacial score (nSPS) is 29.5. The molecule has 0 bridgehead atoms. The lowest BCUT2D eigenvalue weighted by atomic mass is 9.92. The number of ketones is 3. The Labute approximate surface area is 483 Å². The minimum absolute atomic E-state index is 0.0255. The van der Waals surface area contributed by atoms with E-state index in [-0.39, 0.29) is 146 Å². The van der Waals surface area contributed by atoms with Gasteiger partial charge in [-0.1, -0.05) is 41.5 Å². The second-order valence-corrected chi connectivity index (χ2v) is 23.5. The Hall–Kier alpha value is -2.77. The number of hydrogen-bond donors (Lipinski definition) is 11. The zero-order valence-electron chi connectivity index (χ0n) is 49.4. The van der Waals surface area contributed by atoms with Crippen LogP contribution < -0.4 is 10.6 Å². The number of unbranched alkanes of at least 4 members (excludes halogenated alkanes) is 3. The van der Waals surface area contributed by atoms with Crippen molar-refractivity contribution in [3.8, 4) is 0 Å². The van der Waals surface area contributed by atoms with E-state index in [0.717, 1.165) is 6.42 Å². The number of ether oxygens (including phenoxy) is 9. The molecule has 3 heterocycles. The van der Waals surface area contributed by atoms with E-state index in [0.29, 0.717) is 45.1 Å². The van der Waals surface area contributed by atoms with E-state index in [1.165, 1.54) is 0 Å². The van der Waals surface area contributed by atoms with Gasteiger partial charge >= 0.3 is 0 Å². The van der Waals surface area contributed by atoms with Crippen LogP contribution in [0.25, 0.3) is 0 Å². The summed E-state index contributed by atoms with van der Waals surface area (Å²) >= 11 is 0. The van der Waals surface area contributed by atoms with Crippen LogP contribution in [0.1, 0.15) is 144 Å². The molecule has 0 saturated carbocycles. The first kappa shape index (κ1) is 73.5. The maximum atomic E-state index is 13.7. The average Bonchev–Trinajstić information content (AvgIpc) is 3.55. The summed E-state index contributed by atoms with van der Waals surface area (Å²) in [6.45, 7) is 10.2. The molecule has 3 fully saturated rings. The molecule has 0 radical (unpaired) electrons. The number of Topliss-reactive ketones (excluding diaryl/α,β-unsaturated/α-hetero) is 3. The molecule has 3 saturated heterocycles. The van der Waals surface area contributed by atoms with Crippen LogP contribution in [0.5, 0.6) is 0 Å². The largest absolute Gasteiger partial charge is 0.394 e. The maximum Gasteiger partial charge on any atom is 0.220 e. The second kappa shape index (κ2) is 39.1. The monoisotopic (exact) mass is 1180 g/mol. The summed E-state index contributed by atoms with van der Waals surface area (Å²) in [7, 11) is 0. The van der Waals surface area contributed by atoms with Gasteiger partial charge < -0.3 is 99.2 Å². The van der Waals surface area contributed by atoms with Gasteiger partial charge in [-0.15, -0.1) is 0 Å². The third kappa shape index (κ3) is 26.9.